The number of carboxylic acids is 1. The second kappa shape index (κ2) is 4.53. The van der Waals surface area contributed by atoms with Crippen molar-refractivity contribution < 1.29 is 28.8 Å². The van der Waals surface area contributed by atoms with Gasteiger partial charge in [-0.3, -0.25) is 9.32 Å². The van der Waals surface area contributed by atoms with Crippen LogP contribution in [0.15, 0.2) is 12.2 Å². The Labute approximate surface area is 75.1 Å². The van der Waals surface area contributed by atoms with Crippen LogP contribution in [0.3, 0.4) is 0 Å². The van der Waals surface area contributed by atoms with Crippen LogP contribution in [0.5, 0.6) is 0 Å². The Hall–Kier alpha value is -0.680. The maximum absolute atomic E-state index is 10.4. The molecule has 1 atom stereocenters. The van der Waals surface area contributed by atoms with Gasteiger partial charge in [0.05, 0.1) is 6.42 Å². The molecule has 0 fully saturated rings. The number of hydrogen-bond donors (Lipinski definition) is 3. The Morgan fingerprint density at radius 1 is 1.62 bits per heavy atom. The van der Waals surface area contributed by atoms with E-state index in [2.05, 4.69) is 11.1 Å². The Morgan fingerprint density at radius 3 is 2.31 bits per heavy atom. The highest BCUT2D eigenvalue weighted by Gasteiger charge is 2.24. The lowest BCUT2D eigenvalue weighted by molar-refractivity contribution is -0.138. The number of phosphoric acid groups is 1. The Bertz CT molecular complexity index is 254. The van der Waals surface area contributed by atoms with E-state index < -0.39 is 26.3 Å². The summed E-state index contributed by atoms with van der Waals surface area (Å²) >= 11 is 0. The third-order valence-electron chi connectivity index (χ3n) is 1.17. The highest BCUT2D eigenvalue weighted by molar-refractivity contribution is 7.46. The van der Waals surface area contributed by atoms with Crippen LogP contribution in [0, 0.1) is 0 Å². The van der Waals surface area contributed by atoms with E-state index in [1.807, 2.05) is 0 Å². The highest BCUT2D eigenvalue weighted by atomic mass is 31.2. The fourth-order valence-electron chi connectivity index (χ4n) is 0.626. The monoisotopic (exact) mass is 210 g/mol. The first-order valence-corrected chi connectivity index (χ1v) is 4.86. The molecule has 0 aromatic carbocycles. The molecule has 0 heterocycles. The number of carbonyl (C=O) groups is 1. The Balaban J connectivity index is 4.36. The molecule has 0 radical (unpaired) electrons. The van der Waals surface area contributed by atoms with E-state index in [-0.39, 0.29) is 5.57 Å². The van der Waals surface area contributed by atoms with Crippen molar-refractivity contribution >= 4 is 13.8 Å². The van der Waals surface area contributed by atoms with Gasteiger partial charge in [0, 0.05) is 0 Å². The van der Waals surface area contributed by atoms with Gasteiger partial charge in [-0.25, -0.2) is 4.57 Å². The quantitative estimate of drug-likeness (QED) is 0.451. The van der Waals surface area contributed by atoms with E-state index in [1.165, 1.54) is 6.92 Å². The Kier molecular flexibility index (Phi) is 4.29. The lowest BCUT2D eigenvalue weighted by atomic mass is 10.1. The number of aliphatic carboxylic acids is 1. The van der Waals surface area contributed by atoms with E-state index in [0.717, 1.165) is 0 Å². The van der Waals surface area contributed by atoms with Gasteiger partial charge in [0.15, 0.2) is 0 Å². The molecule has 0 bridgehead atoms. The first-order valence-electron chi connectivity index (χ1n) is 3.33. The molecular formula is C6H11O6P. The fourth-order valence-corrected chi connectivity index (χ4v) is 1.21. The molecule has 13 heavy (non-hydrogen) atoms. The van der Waals surface area contributed by atoms with Gasteiger partial charge >= 0.3 is 13.8 Å². The molecule has 3 N–H and O–H groups in total. The highest BCUT2D eigenvalue weighted by Crippen LogP contribution is 2.39. The zero-order valence-corrected chi connectivity index (χ0v) is 7.90. The van der Waals surface area contributed by atoms with Gasteiger partial charge < -0.3 is 14.9 Å². The van der Waals surface area contributed by atoms with Gasteiger partial charge in [0.25, 0.3) is 0 Å². The predicted octanol–water partition coefficient (Wildman–Crippen LogP) is 0.515. The predicted molar refractivity (Wildman–Crippen MR) is 44.0 cm³/mol. The molecule has 7 heteroatoms. The van der Waals surface area contributed by atoms with E-state index in [0.29, 0.717) is 0 Å². The standard InChI is InChI=1S/C6H11O6P/c1-4(2)5(3-6(7)8)12-13(9,10)11/h5H,1,3H2,2H3,(H,7,8)(H2,9,10,11). The molecule has 76 valence electrons. The summed E-state index contributed by atoms with van der Waals surface area (Å²) in [5, 5.41) is 8.36. The van der Waals surface area contributed by atoms with Crippen LogP contribution in [0.1, 0.15) is 13.3 Å². The summed E-state index contributed by atoms with van der Waals surface area (Å²) in [6, 6.07) is 0. The average Bonchev–Trinajstić information content (AvgIpc) is 1.81. The maximum atomic E-state index is 10.4. The third kappa shape index (κ3) is 6.48. The van der Waals surface area contributed by atoms with Crippen molar-refractivity contribution in [3.8, 4) is 0 Å². The number of phosphoric ester groups is 1. The van der Waals surface area contributed by atoms with E-state index >= 15 is 0 Å². The number of carboxylic acid groups (broad SMARTS) is 1. The molecule has 0 amide bonds. The molecular weight excluding hydrogens is 199 g/mol. The SMILES string of the molecule is C=C(C)C(CC(=O)O)OP(=O)(O)O. The molecule has 1 unspecified atom stereocenters. The molecule has 6 nitrogen and oxygen atoms in total. The van der Waals surface area contributed by atoms with Crippen LogP contribution < -0.4 is 0 Å². The van der Waals surface area contributed by atoms with Crippen molar-refractivity contribution in [3.63, 3.8) is 0 Å². The molecule has 0 rings (SSSR count). The average molecular weight is 210 g/mol. The zero-order chi connectivity index (χ0) is 10.6. The van der Waals surface area contributed by atoms with Gasteiger partial charge in [-0.2, -0.15) is 0 Å². The lowest BCUT2D eigenvalue weighted by Crippen LogP contribution is -2.17. The second-order valence-corrected chi connectivity index (χ2v) is 3.72. The van der Waals surface area contributed by atoms with Gasteiger partial charge in [0.2, 0.25) is 0 Å². The van der Waals surface area contributed by atoms with Crippen LogP contribution >= 0.6 is 7.82 Å². The second-order valence-electron chi connectivity index (χ2n) is 2.53. The molecule has 0 spiro atoms. The van der Waals surface area contributed by atoms with Gasteiger partial charge in [-0.05, 0) is 6.92 Å². The van der Waals surface area contributed by atoms with E-state index in [1.54, 1.807) is 0 Å². The summed E-state index contributed by atoms with van der Waals surface area (Å²) < 4.78 is 14.6. The summed E-state index contributed by atoms with van der Waals surface area (Å²) in [4.78, 5) is 27.0. The van der Waals surface area contributed by atoms with Crippen LogP contribution in [0.2, 0.25) is 0 Å². The van der Waals surface area contributed by atoms with Gasteiger partial charge in [-0.15, -0.1) is 0 Å². The van der Waals surface area contributed by atoms with Crippen molar-refractivity contribution in [3.05, 3.63) is 12.2 Å². The van der Waals surface area contributed by atoms with Crippen LogP contribution in [0.4, 0.5) is 0 Å². The molecule has 0 aliphatic rings. The summed E-state index contributed by atoms with van der Waals surface area (Å²) in [5.74, 6) is -1.21. The largest absolute Gasteiger partial charge is 0.481 e. The summed E-state index contributed by atoms with van der Waals surface area (Å²) in [6.45, 7) is 4.79. The van der Waals surface area contributed by atoms with Crippen LogP contribution in [-0.4, -0.2) is 27.0 Å². The number of hydrogen-bond acceptors (Lipinski definition) is 3. The van der Waals surface area contributed by atoms with Gasteiger partial charge in [-0.1, -0.05) is 12.2 Å². The fraction of sp³-hybridized carbons (Fsp3) is 0.500. The van der Waals surface area contributed by atoms with Gasteiger partial charge in [0.1, 0.15) is 6.10 Å². The smallest absolute Gasteiger partial charge is 0.470 e. The van der Waals surface area contributed by atoms with Crippen molar-refractivity contribution in [2.24, 2.45) is 0 Å². The minimum Gasteiger partial charge on any atom is -0.481 e. The molecule has 0 aliphatic heterocycles. The van der Waals surface area contributed by atoms with Crippen LogP contribution in [-0.2, 0) is 13.9 Å². The van der Waals surface area contributed by atoms with E-state index in [9.17, 15) is 9.36 Å². The molecule has 0 aliphatic carbocycles. The Morgan fingerprint density at radius 2 is 2.08 bits per heavy atom. The zero-order valence-electron chi connectivity index (χ0n) is 7.01. The number of rotatable bonds is 5. The lowest BCUT2D eigenvalue weighted by Gasteiger charge is -2.15. The molecule has 0 aromatic heterocycles. The maximum Gasteiger partial charge on any atom is 0.470 e. The van der Waals surface area contributed by atoms with Crippen molar-refractivity contribution in [1.82, 2.24) is 0 Å². The summed E-state index contributed by atoms with van der Waals surface area (Å²) in [6.07, 6.45) is -1.67. The van der Waals surface area contributed by atoms with Crippen molar-refractivity contribution in [1.29, 1.82) is 0 Å². The van der Waals surface area contributed by atoms with Crippen LogP contribution in [0.25, 0.3) is 0 Å². The third-order valence-corrected chi connectivity index (χ3v) is 1.70. The minimum atomic E-state index is -4.66. The topological polar surface area (TPSA) is 104 Å². The minimum absolute atomic E-state index is 0.255. The molecule has 0 saturated heterocycles. The molecule has 0 aromatic rings. The van der Waals surface area contributed by atoms with Crippen molar-refractivity contribution in [2.45, 2.75) is 19.4 Å². The van der Waals surface area contributed by atoms with Crippen molar-refractivity contribution in [2.75, 3.05) is 0 Å². The first-order chi connectivity index (χ1) is 5.72. The normalized spacial score (nSPS) is 13.8. The summed E-state index contributed by atoms with van der Waals surface area (Å²) in [7, 11) is -4.66. The molecule has 0 saturated carbocycles. The first kappa shape index (κ1) is 12.3. The van der Waals surface area contributed by atoms with E-state index in [4.69, 9.17) is 14.9 Å². The summed E-state index contributed by atoms with van der Waals surface area (Å²) in [5.41, 5.74) is 0.255.